The molecule has 1 aliphatic rings. The molecule has 0 saturated carbocycles. The van der Waals surface area contributed by atoms with Gasteiger partial charge >= 0.3 is 11.9 Å². The number of rotatable bonds is 13. The summed E-state index contributed by atoms with van der Waals surface area (Å²) in [5, 5.41) is 18.8. The topological polar surface area (TPSA) is 87.1 Å². The minimum absolute atomic E-state index is 0.0929. The minimum atomic E-state index is -1.08. The molecule has 1 rings (SSSR count). The molecule has 0 aromatic carbocycles. The molecule has 6 heteroatoms. The van der Waals surface area contributed by atoms with Crippen LogP contribution in [0, 0.1) is 0 Å². The average Bonchev–Trinajstić information content (AvgIpc) is 2.59. The summed E-state index contributed by atoms with van der Waals surface area (Å²) in [6.07, 6.45) is 7.14. The second-order valence-corrected chi connectivity index (χ2v) is 6.64. The SMILES string of the molecule is CCCCCCC(C(=O)O)=C(CCCCCN1CCOCC1)C(=O)O. The Bertz CT molecular complexity index is 441. The Labute approximate surface area is 150 Å². The number of carboxylic acid groups (broad SMARTS) is 2. The molecule has 0 amide bonds. The molecule has 25 heavy (non-hydrogen) atoms. The predicted octanol–water partition coefficient (Wildman–Crippen LogP) is 3.32. The number of nitrogens with zero attached hydrogens (tertiary/aromatic N) is 1. The predicted molar refractivity (Wildman–Crippen MR) is 96.8 cm³/mol. The maximum atomic E-state index is 11.5. The van der Waals surface area contributed by atoms with Gasteiger partial charge in [-0.3, -0.25) is 4.90 Å². The first-order chi connectivity index (χ1) is 12.1. The fraction of sp³-hybridized carbons (Fsp3) is 0.789. The van der Waals surface area contributed by atoms with Crippen molar-refractivity contribution >= 4 is 11.9 Å². The van der Waals surface area contributed by atoms with E-state index in [2.05, 4.69) is 11.8 Å². The van der Waals surface area contributed by atoms with E-state index >= 15 is 0 Å². The summed E-state index contributed by atoms with van der Waals surface area (Å²) in [4.78, 5) is 25.3. The monoisotopic (exact) mass is 355 g/mol. The Morgan fingerprint density at radius 1 is 0.840 bits per heavy atom. The number of hydrogen-bond donors (Lipinski definition) is 2. The maximum absolute atomic E-state index is 11.5. The molecule has 0 aromatic heterocycles. The van der Waals surface area contributed by atoms with Gasteiger partial charge in [0.05, 0.1) is 13.2 Å². The first kappa shape index (κ1) is 21.6. The summed E-state index contributed by atoms with van der Waals surface area (Å²) < 4.78 is 5.31. The smallest absolute Gasteiger partial charge is 0.332 e. The number of carbonyl (C=O) groups is 2. The molecule has 1 heterocycles. The Morgan fingerprint density at radius 2 is 1.36 bits per heavy atom. The molecule has 0 unspecified atom stereocenters. The van der Waals surface area contributed by atoms with Crippen LogP contribution in [0.2, 0.25) is 0 Å². The summed E-state index contributed by atoms with van der Waals surface area (Å²) in [7, 11) is 0. The molecular formula is C19H33NO5. The van der Waals surface area contributed by atoms with E-state index < -0.39 is 11.9 Å². The van der Waals surface area contributed by atoms with Gasteiger partial charge in [-0.1, -0.05) is 32.6 Å². The van der Waals surface area contributed by atoms with Crippen LogP contribution in [0.15, 0.2) is 11.1 Å². The molecule has 0 spiro atoms. The lowest BCUT2D eigenvalue weighted by Gasteiger charge is -2.26. The standard InChI is InChI=1S/C19H33NO5/c1-2-3-4-6-9-16(18(21)22)17(19(23)24)10-7-5-8-11-20-12-14-25-15-13-20/h2-15H2,1H3,(H,21,22)(H,23,24). The fourth-order valence-corrected chi connectivity index (χ4v) is 3.14. The van der Waals surface area contributed by atoms with Gasteiger partial charge in [-0.2, -0.15) is 0 Å². The highest BCUT2D eigenvalue weighted by Gasteiger charge is 2.19. The first-order valence-electron chi connectivity index (χ1n) is 9.55. The normalized spacial score (nSPS) is 16.5. The van der Waals surface area contributed by atoms with Crippen molar-refractivity contribution in [2.24, 2.45) is 0 Å². The Kier molecular flexibility index (Phi) is 11.2. The van der Waals surface area contributed by atoms with Gasteiger partial charge in [0.2, 0.25) is 0 Å². The van der Waals surface area contributed by atoms with E-state index in [1.54, 1.807) is 0 Å². The van der Waals surface area contributed by atoms with Crippen molar-refractivity contribution in [3.05, 3.63) is 11.1 Å². The highest BCUT2D eigenvalue weighted by Crippen LogP contribution is 2.20. The maximum Gasteiger partial charge on any atom is 0.332 e. The van der Waals surface area contributed by atoms with Crippen molar-refractivity contribution in [2.75, 3.05) is 32.8 Å². The number of morpholine rings is 1. The van der Waals surface area contributed by atoms with E-state index in [1.807, 2.05) is 0 Å². The number of carboxylic acids is 2. The Hall–Kier alpha value is -1.40. The molecule has 0 radical (unpaired) electrons. The summed E-state index contributed by atoms with van der Waals surface area (Å²) in [5.74, 6) is -2.16. The van der Waals surface area contributed by atoms with Crippen LogP contribution in [0.5, 0.6) is 0 Å². The molecule has 1 saturated heterocycles. The fourth-order valence-electron chi connectivity index (χ4n) is 3.14. The third-order valence-electron chi connectivity index (χ3n) is 4.67. The summed E-state index contributed by atoms with van der Waals surface area (Å²) >= 11 is 0. The van der Waals surface area contributed by atoms with Gasteiger partial charge in [0, 0.05) is 24.2 Å². The number of unbranched alkanes of at least 4 members (excludes halogenated alkanes) is 5. The molecule has 1 fully saturated rings. The summed E-state index contributed by atoms with van der Waals surface area (Å²) in [5.41, 5.74) is 0.187. The third kappa shape index (κ3) is 9.02. The lowest BCUT2D eigenvalue weighted by molar-refractivity contribution is -0.136. The van der Waals surface area contributed by atoms with E-state index in [9.17, 15) is 19.8 Å². The van der Waals surface area contributed by atoms with Gasteiger partial charge in [-0.15, -0.1) is 0 Å². The van der Waals surface area contributed by atoms with Gasteiger partial charge in [-0.25, -0.2) is 9.59 Å². The molecule has 6 nitrogen and oxygen atoms in total. The molecule has 0 aromatic rings. The molecule has 0 aliphatic carbocycles. The van der Waals surface area contributed by atoms with Gasteiger partial charge in [0.25, 0.3) is 0 Å². The number of aliphatic carboxylic acids is 2. The van der Waals surface area contributed by atoms with E-state index in [4.69, 9.17) is 4.74 Å². The minimum Gasteiger partial charge on any atom is -0.478 e. The number of hydrogen-bond acceptors (Lipinski definition) is 4. The zero-order chi connectivity index (χ0) is 18.5. The lowest BCUT2D eigenvalue weighted by atomic mass is 9.97. The van der Waals surface area contributed by atoms with Crippen LogP contribution in [-0.4, -0.2) is 59.9 Å². The van der Waals surface area contributed by atoms with Gasteiger partial charge in [0.1, 0.15) is 0 Å². The lowest BCUT2D eigenvalue weighted by Crippen LogP contribution is -2.36. The van der Waals surface area contributed by atoms with Crippen molar-refractivity contribution in [2.45, 2.75) is 64.7 Å². The van der Waals surface area contributed by atoms with Gasteiger partial charge < -0.3 is 14.9 Å². The van der Waals surface area contributed by atoms with E-state index in [0.717, 1.165) is 77.8 Å². The second kappa shape index (κ2) is 12.9. The van der Waals surface area contributed by atoms with Crippen molar-refractivity contribution in [1.29, 1.82) is 0 Å². The Balaban J connectivity index is 2.43. The summed E-state index contributed by atoms with van der Waals surface area (Å²) in [6.45, 7) is 6.58. The summed E-state index contributed by atoms with van der Waals surface area (Å²) in [6, 6.07) is 0. The van der Waals surface area contributed by atoms with Crippen LogP contribution in [0.4, 0.5) is 0 Å². The highest BCUT2D eigenvalue weighted by atomic mass is 16.5. The van der Waals surface area contributed by atoms with Gasteiger partial charge in [0.15, 0.2) is 0 Å². The van der Waals surface area contributed by atoms with Gasteiger partial charge in [-0.05, 0) is 38.6 Å². The molecule has 0 atom stereocenters. The third-order valence-corrected chi connectivity index (χ3v) is 4.67. The van der Waals surface area contributed by atoms with Crippen LogP contribution < -0.4 is 0 Å². The van der Waals surface area contributed by atoms with Crippen molar-refractivity contribution in [3.8, 4) is 0 Å². The van der Waals surface area contributed by atoms with Crippen LogP contribution in [0.1, 0.15) is 64.7 Å². The Morgan fingerprint density at radius 3 is 1.84 bits per heavy atom. The second-order valence-electron chi connectivity index (χ2n) is 6.64. The molecule has 2 N–H and O–H groups in total. The number of ether oxygens (including phenoxy) is 1. The van der Waals surface area contributed by atoms with Crippen molar-refractivity contribution in [1.82, 2.24) is 4.90 Å². The van der Waals surface area contributed by atoms with E-state index in [0.29, 0.717) is 12.8 Å². The van der Waals surface area contributed by atoms with Crippen molar-refractivity contribution in [3.63, 3.8) is 0 Å². The average molecular weight is 355 g/mol. The van der Waals surface area contributed by atoms with Crippen LogP contribution in [0.3, 0.4) is 0 Å². The quantitative estimate of drug-likeness (QED) is 0.389. The first-order valence-corrected chi connectivity index (χ1v) is 9.55. The molecule has 1 aliphatic heterocycles. The highest BCUT2D eigenvalue weighted by molar-refractivity contribution is 5.98. The zero-order valence-corrected chi connectivity index (χ0v) is 15.5. The van der Waals surface area contributed by atoms with Crippen LogP contribution in [0.25, 0.3) is 0 Å². The van der Waals surface area contributed by atoms with E-state index in [1.165, 1.54) is 0 Å². The van der Waals surface area contributed by atoms with Crippen LogP contribution in [-0.2, 0) is 14.3 Å². The van der Waals surface area contributed by atoms with E-state index in [-0.39, 0.29) is 11.1 Å². The molecule has 0 bridgehead atoms. The largest absolute Gasteiger partial charge is 0.478 e. The molecular weight excluding hydrogens is 322 g/mol. The zero-order valence-electron chi connectivity index (χ0n) is 15.5. The van der Waals surface area contributed by atoms with Crippen molar-refractivity contribution < 1.29 is 24.5 Å². The molecule has 144 valence electrons. The van der Waals surface area contributed by atoms with Crippen LogP contribution >= 0.6 is 0 Å².